The van der Waals surface area contributed by atoms with Crippen LogP contribution < -0.4 is 0 Å². The third-order valence-corrected chi connectivity index (χ3v) is 5.33. The van der Waals surface area contributed by atoms with Crippen LogP contribution in [0.1, 0.15) is 40.5 Å². The van der Waals surface area contributed by atoms with E-state index >= 15 is 0 Å². The van der Waals surface area contributed by atoms with Crippen molar-refractivity contribution in [3.05, 3.63) is 0 Å². The monoisotopic (exact) mass is 386 g/mol. The van der Waals surface area contributed by atoms with Gasteiger partial charge < -0.3 is 28.2 Å². The zero-order valence-electron chi connectivity index (χ0n) is 17.2. The lowest BCUT2D eigenvalue weighted by Crippen LogP contribution is -2.59. The fourth-order valence-corrected chi connectivity index (χ4v) is 3.68. The van der Waals surface area contributed by atoms with Crippen molar-refractivity contribution in [2.24, 2.45) is 0 Å². The molecule has 0 N–H and O–H groups in total. The molecule has 3 atom stereocenters. The molecule has 0 saturated carbocycles. The summed E-state index contributed by atoms with van der Waals surface area (Å²) < 4.78 is 28.9. The molecular formula is C19H32NO7+. The van der Waals surface area contributed by atoms with Crippen molar-refractivity contribution in [2.75, 3.05) is 40.4 Å². The Labute approximate surface area is 160 Å². The van der Waals surface area contributed by atoms with E-state index in [4.69, 9.17) is 23.7 Å². The molecule has 0 aliphatic carbocycles. The first-order valence-electron chi connectivity index (χ1n) is 9.53. The Hall–Kier alpha value is -0.900. The maximum Gasteiger partial charge on any atom is 0.203 e. The van der Waals surface area contributed by atoms with Gasteiger partial charge in [-0.05, 0) is 27.7 Å². The molecule has 0 aromatic carbocycles. The van der Waals surface area contributed by atoms with E-state index in [9.17, 15) is 9.59 Å². The summed E-state index contributed by atoms with van der Waals surface area (Å²) >= 11 is 0. The van der Waals surface area contributed by atoms with Crippen molar-refractivity contribution in [1.29, 1.82) is 0 Å². The van der Waals surface area contributed by atoms with Gasteiger partial charge >= 0.3 is 0 Å². The minimum Gasteiger partial charge on any atom is -0.347 e. The molecule has 8 heteroatoms. The molecule has 154 valence electrons. The van der Waals surface area contributed by atoms with Crippen LogP contribution in [0.25, 0.3) is 0 Å². The SMILES string of the molecule is CC1(C)OC2OCC3(COC(C)(C)O3)C(=O)C2O1.C[N+]1(C)CCC(=O)CC1. The van der Waals surface area contributed by atoms with Crippen molar-refractivity contribution in [3.63, 3.8) is 0 Å². The predicted molar refractivity (Wildman–Crippen MR) is 94.7 cm³/mol. The molecule has 0 radical (unpaired) electrons. The van der Waals surface area contributed by atoms with Crippen LogP contribution in [0.15, 0.2) is 0 Å². The first-order valence-corrected chi connectivity index (χ1v) is 9.53. The molecule has 4 heterocycles. The number of fused-ring (bicyclic) bond motifs is 1. The zero-order valence-corrected chi connectivity index (χ0v) is 17.2. The van der Waals surface area contributed by atoms with Crippen LogP contribution in [0.5, 0.6) is 0 Å². The molecule has 1 spiro atoms. The van der Waals surface area contributed by atoms with Gasteiger partial charge in [0.1, 0.15) is 5.78 Å². The molecule has 0 amide bonds. The Morgan fingerprint density at radius 2 is 1.56 bits per heavy atom. The van der Waals surface area contributed by atoms with Crippen molar-refractivity contribution in [1.82, 2.24) is 0 Å². The number of piperidine rings is 1. The first kappa shape index (κ1) is 20.8. The number of likely N-dealkylation sites (tertiary alicyclic amines) is 1. The lowest BCUT2D eigenvalue weighted by Gasteiger charge is -2.35. The molecule has 0 bridgehead atoms. The highest BCUT2D eigenvalue weighted by Crippen LogP contribution is 2.41. The second-order valence-electron chi connectivity index (χ2n) is 9.31. The summed E-state index contributed by atoms with van der Waals surface area (Å²) in [6, 6.07) is 0. The number of carbonyl (C=O) groups is 2. The highest BCUT2D eigenvalue weighted by atomic mass is 16.8. The third-order valence-electron chi connectivity index (χ3n) is 5.33. The van der Waals surface area contributed by atoms with E-state index in [2.05, 4.69) is 14.1 Å². The Bertz CT molecular complexity index is 601. The van der Waals surface area contributed by atoms with Gasteiger partial charge in [-0.1, -0.05) is 0 Å². The van der Waals surface area contributed by atoms with Crippen LogP contribution >= 0.6 is 0 Å². The van der Waals surface area contributed by atoms with Gasteiger partial charge in [0, 0.05) is 0 Å². The van der Waals surface area contributed by atoms with Gasteiger partial charge in [0.2, 0.25) is 5.78 Å². The Kier molecular flexibility index (Phi) is 5.29. The molecule has 3 unspecified atom stereocenters. The van der Waals surface area contributed by atoms with Gasteiger partial charge in [-0.25, -0.2) is 0 Å². The van der Waals surface area contributed by atoms with E-state index in [1.807, 2.05) is 0 Å². The summed E-state index contributed by atoms with van der Waals surface area (Å²) in [5.74, 6) is -1.31. The van der Waals surface area contributed by atoms with E-state index in [0.29, 0.717) is 5.78 Å². The van der Waals surface area contributed by atoms with E-state index in [1.54, 1.807) is 27.7 Å². The van der Waals surface area contributed by atoms with Crippen LogP contribution in [0, 0.1) is 0 Å². The summed E-state index contributed by atoms with van der Waals surface area (Å²) in [6.07, 6.45) is 0.177. The summed E-state index contributed by atoms with van der Waals surface area (Å²) in [7, 11) is 4.35. The highest BCUT2D eigenvalue weighted by molar-refractivity contribution is 5.93. The summed E-state index contributed by atoms with van der Waals surface area (Å²) in [5, 5.41) is 0. The number of ketones is 2. The zero-order chi connectivity index (χ0) is 20.1. The molecule has 8 nitrogen and oxygen atoms in total. The predicted octanol–water partition coefficient (Wildman–Crippen LogP) is 1.01. The topological polar surface area (TPSA) is 80.3 Å². The van der Waals surface area contributed by atoms with Crippen molar-refractivity contribution < 1.29 is 37.8 Å². The second-order valence-corrected chi connectivity index (χ2v) is 9.31. The number of nitrogens with zero attached hydrogens (tertiary/aromatic N) is 1. The van der Waals surface area contributed by atoms with E-state index in [1.165, 1.54) is 0 Å². The summed E-state index contributed by atoms with van der Waals surface area (Å²) in [6.45, 7) is 9.43. The minimum absolute atomic E-state index is 0.135. The fraction of sp³-hybridized carbons (Fsp3) is 0.895. The molecule has 0 aromatic heterocycles. The number of ether oxygens (including phenoxy) is 5. The van der Waals surface area contributed by atoms with E-state index in [-0.39, 0.29) is 19.0 Å². The summed E-state index contributed by atoms with van der Waals surface area (Å²) in [5.41, 5.74) is -1.06. The average molecular weight is 386 g/mol. The average Bonchev–Trinajstić information content (AvgIpc) is 3.04. The van der Waals surface area contributed by atoms with Crippen LogP contribution in [0.2, 0.25) is 0 Å². The van der Waals surface area contributed by atoms with E-state index in [0.717, 1.165) is 30.4 Å². The van der Waals surface area contributed by atoms with Crippen LogP contribution in [-0.2, 0) is 33.3 Å². The molecule has 4 fully saturated rings. The molecule has 4 aliphatic rings. The van der Waals surface area contributed by atoms with E-state index < -0.39 is 29.6 Å². The maximum absolute atomic E-state index is 12.5. The van der Waals surface area contributed by atoms with Gasteiger partial charge in [0.25, 0.3) is 0 Å². The normalized spacial score (nSPS) is 39.0. The molecular weight excluding hydrogens is 354 g/mol. The number of hydrogen-bond donors (Lipinski definition) is 0. The standard InChI is InChI=1S/C12H18O6.C7H14NO/c1-10(2)15-6-12(18-10)5-14-9-7(8(12)13)16-11(3,4)17-9;1-8(2)5-3-7(9)4-6-8/h7,9H,5-6H2,1-4H3;3-6H2,1-2H3/q;+1. The molecule has 4 rings (SSSR count). The quantitative estimate of drug-likeness (QED) is 0.575. The number of quaternary nitrogens is 1. The van der Waals surface area contributed by atoms with Gasteiger partial charge in [0.15, 0.2) is 29.6 Å². The van der Waals surface area contributed by atoms with Crippen LogP contribution in [0.4, 0.5) is 0 Å². The van der Waals surface area contributed by atoms with Crippen LogP contribution in [0.3, 0.4) is 0 Å². The van der Waals surface area contributed by atoms with Crippen molar-refractivity contribution in [2.45, 2.75) is 70.1 Å². The number of Topliss-reactive ketones (excluding diaryl/α,β-unsaturated/α-hetero) is 2. The second kappa shape index (κ2) is 6.86. The Balaban J connectivity index is 0.000000197. The fourth-order valence-electron chi connectivity index (χ4n) is 3.68. The minimum atomic E-state index is -1.06. The summed E-state index contributed by atoms with van der Waals surface area (Å²) in [4.78, 5) is 23.3. The van der Waals surface area contributed by atoms with Gasteiger partial charge in [-0.2, -0.15) is 0 Å². The molecule has 4 saturated heterocycles. The number of carbonyl (C=O) groups excluding carboxylic acids is 2. The van der Waals surface area contributed by atoms with Crippen molar-refractivity contribution >= 4 is 11.6 Å². The van der Waals surface area contributed by atoms with Gasteiger partial charge in [-0.3, -0.25) is 9.59 Å². The lowest BCUT2D eigenvalue weighted by atomic mass is 9.93. The van der Waals surface area contributed by atoms with Crippen LogP contribution in [-0.4, -0.2) is 86.0 Å². The van der Waals surface area contributed by atoms with Crippen molar-refractivity contribution in [3.8, 4) is 0 Å². The third kappa shape index (κ3) is 4.58. The number of rotatable bonds is 0. The smallest absolute Gasteiger partial charge is 0.203 e. The molecule has 4 aliphatic heterocycles. The molecule has 27 heavy (non-hydrogen) atoms. The molecule has 0 aromatic rings. The maximum atomic E-state index is 12.5. The van der Waals surface area contributed by atoms with Gasteiger partial charge in [0.05, 0.1) is 53.2 Å². The largest absolute Gasteiger partial charge is 0.347 e. The lowest BCUT2D eigenvalue weighted by molar-refractivity contribution is -0.891. The number of hydrogen-bond acceptors (Lipinski definition) is 7. The Morgan fingerprint density at radius 1 is 0.926 bits per heavy atom. The first-order chi connectivity index (χ1) is 12.3. The Morgan fingerprint density at radius 3 is 2.07 bits per heavy atom. The van der Waals surface area contributed by atoms with Gasteiger partial charge in [-0.15, -0.1) is 0 Å². The highest BCUT2D eigenvalue weighted by Gasteiger charge is 2.61.